The molecule has 0 spiro atoms. The smallest absolute Gasteiger partial charge is 0.244 e. The highest BCUT2D eigenvalue weighted by atomic mass is 35.5. The lowest BCUT2D eigenvalue weighted by molar-refractivity contribution is -0.140. The van der Waals surface area contributed by atoms with Gasteiger partial charge in [-0.2, -0.15) is 0 Å². The van der Waals surface area contributed by atoms with E-state index < -0.39 is 28.5 Å². The fraction of sp³-hybridized carbons (Fsp3) is 0.333. The van der Waals surface area contributed by atoms with Crippen molar-refractivity contribution in [1.29, 1.82) is 0 Å². The minimum absolute atomic E-state index is 0.0176. The monoisotopic (exact) mass is 603 g/mol. The molecular formula is C30H35Cl2N3O4S. The summed E-state index contributed by atoms with van der Waals surface area (Å²) >= 11 is 12.6. The van der Waals surface area contributed by atoms with Crippen LogP contribution in [0.25, 0.3) is 0 Å². The Hall–Kier alpha value is -3.07. The van der Waals surface area contributed by atoms with Gasteiger partial charge in [-0.25, -0.2) is 8.42 Å². The van der Waals surface area contributed by atoms with Crippen molar-refractivity contribution < 1.29 is 18.0 Å². The Morgan fingerprint density at radius 1 is 0.950 bits per heavy atom. The third-order valence-electron chi connectivity index (χ3n) is 6.54. The van der Waals surface area contributed by atoms with E-state index in [0.717, 1.165) is 22.5 Å². The van der Waals surface area contributed by atoms with Crippen LogP contribution >= 0.6 is 23.2 Å². The Balaban J connectivity index is 2.11. The highest BCUT2D eigenvalue weighted by Gasteiger charge is 2.34. The maximum Gasteiger partial charge on any atom is 0.244 e. The second-order valence-corrected chi connectivity index (χ2v) is 12.5. The lowest BCUT2D eigenvalue weighted by Crippen LogP contribution is -2.53. The van der Waals surface area contributed by atoms with Gasteiger partial charge in [-0.15, -0.1) is 0 Å². The fourth-order valence-corrected chi connectivity index (χ4v) is 5.96. The molecule has 1 N–H and O–H groups in total. The third kappa shape index (κ3) is 8.22. The minimum Gasteiger partial charge on any atom is -0.354 e. The van der Waals surface area contributed by atoms with Crippen molar-refractivity contribution in [3.8, 4) is 0 Å². The summed E-state index contributed by atoms with van der Waals surface area (Å²) in [6.45, 7) is 5.47. The van der Waals surface area contributed by atoms with Gasteiger partial charge in [-0.05, 0) is 54.7 Å². The number of anilines is 1. The van der Waals surface area contributed by atoms with Gasteiger partial charge in [0.2, 0.25) is 21.8 Å². The first-order chi connectivity index (χ1) is 18.9. The number of aryl methyl sites for hydroxylation is 2. The molecule has 40 heavy (non-hydrogen) atoms. The molecule has 0 fully saturated rings. The molecule has 3 rings (SSSR count). The summed E-state index contributed by atoms with van der Waals surface area (Å²) in [5.41, 5.74) is 3.31. The molecule has 0 aliphatic rings. The van der Waals surface area contributed by atoms with Crippen molar-refractivity contribution in [2.75, 3.05) is 23.7 Å². The average Bonchev–Trinajstić information content (AvgIpc) is 2.89. The first kappa shape index (κ1) is 31.5. The van der Waals surface area contributed by atoms with Crippen molar-refractivity contribution in [1.82, 2.24) is 10.2 Å². The van der Waals surface area contributed by atoms with E-state index in [2.05, 4.69) is 5.32 Å². The largest absolute Gasteiger partial charge is 0.354 e. The number of amides is 2. The van der Waals surface area contributed by atoms with E-state index in [-0.39, 0.29) is 18.9 Å². The summed E-state index contributed by atoms with van der Waals surface area (Å²) in [6, 6.07) is 18.8. The van der Waals surface area contributed by atoms with Crippen LogP contribution in [-0.4, -0.2) is 50.5 Å². The van der Waals surface area contributed by atoms with Gasteiger partial charge >= 0.3 is 0 Å². The van der Waals surface area contributed by atoms with E-state index in [1.807, 2.05) is 43.3 Å². The molecule has 7 nitrogen and oxygen atoms in total. The molecule has 0 aliphatic carbocycles. The summed E-state index contributed by atoms with van der Waals surface area (Å²) < 4.78 is 27.2. The Bertz CT molecular complexity index is 1430. The number of carbonyl (C=O) groups is 2. The fourth-order valence-electron chi connectivity index (χ4n) is 4.53. The molecule has 1 unspecified atom stereocenters. The first-order valence-electron chi connectivity index (χ1n) is 13.0. The van der Waals surface area contributed by atoms with E-state index in [1.165, 1.54) is 4.90 Å². The molecule has 0 saturated heterocycles. The molecule has 10 heteroatoms. The Morgan fingerprint density at radius 3 is 2.17 bits per heavy atom. The van der Waals surface area contributed by atoms with Gasteiger partial charge in [-0.1, -0.05) is 84.7 Å². The van der Waals surface area contributed by atoms with Crippen LogP contribution in [0, 0.1) is 13.8 Å². The van der Waals surface area contributed by atoms with Crippen LogP contribution in [0.2, 0.25) is 10.0 Å². The number of halogens is 2. The Morgan fingerprint density at radius 2 is 1.60 bits per heavy atom. The summed E-state index contributed by atoms with van der Waals surface area (Å²) in [5, 5.41) is 3.69. The summed E-state index contributed by atoms with van der Waals surface area (Å²) in [4.78, 5) is 29.1. The molecule has 3 aromatic carbocycles. The van der Waals surface area contributed by atoms with Crippen LogP contribution in [-0.2, 0) is 32.6 Å². The number of carbonyl (C=O) groups excluding carboxylic acids is 2. The van der Waals surface area contributed by atoms with Gasteiger partial charge in [0.05, 0.1) is 11.9 Å². The molecule has 1 atom stereocenters. The second-order valence-electron chi connectivity index (χ2n) is 9.76. The number of rotatable bonds is 12. The molecular weight excluding hydrogens is 569 g/mol. The normalized spacial score (nSPS) is 12.1. The standard InChI is InChI=1S/C30H35Cl2N3O4S/c1-5-16-33-30(37)27(17-23-12-7-6-8-13-23)34(19-24-14-15-25(31)18-26(24)32)28(36)20-35(40(4,38)39)29-21(2)10-9-11-22(29)3/h6-15,18,27H,5,16-17,19-20H2,1-4H3,(H,33,37). The van der Waals surface area contributed by atoms with Crippen molar-refractivity contribution in [2.45, 2.75) is 46.2 Å². The molecule has 0 aromatic heterocycles. The topological polar surface area (TPSA) is 86.8 Å². The Kier molecular flexibility index (Phi) is 11.0. The molecule has 0 aliphatic heterocycles. The zero-order chi connectivity index (χ0) is 29.4. The van der Waals surface area contributed by atoms with Gasteiger partial charge in [0.15, 0.2) is 0 Å². The number of hydrogen-bond acceptors (Lipinski definition) is 4. The van der Waals surface area contributed by atoms with Gasteiger partial charge in [-0.3, -0.25) is 13.9 Å². The number of hydrogen-bond donors (Lipinski definition) is 1. The van der Waals surface area contributed by atoms with Gasteiger partial charge < -0.3 is 10.2 Å². The Labute approximate surface area is 247 Å². The molecule has 0 saturated carbocycles. The van der Waals surface area contributed by atoms with Crippen LogP contribution in [0.3, 0.4) is 0 Å². The summed E-state index contributed by atoms with van der Waals surface area (Å²) in [5.74, 6) is -0.867. The second kappa shape index (κ2) is 14.0. The number of para-hydroxylation sites is 1. The van der Waals surface area contributed by atoms with E-state index in [4.69, 9.17) is 23.2 Å². The number of nitrogens with one attached hydrogen (secondary N) is 1. The van der Waals surface area contributed by atoms with Crippen LogP contribution < -0.4 is 9.62 Å². The maximum absolute atomic E-state index is 14.2. The third-order valence-corrected chi connectivity index (χ3v) is 8.24. The van der Waals surface area contributed by atoms with Crippen LogP contribution in [0.5, 0.6) is 0 Å². The molecule has 0 heterocycles. The van der Waals surface area contributed by atoms with Crippen molar-refractivity contribution >= 4 is 50.7 Å². The predicted molar refractivity (Wildman–Crippen MR) is 162 cm³/mol. The molecule has 0 bridgehead atoms. The van der Waals surface area contributed by atoms with Gasteiger partial charge in [0, 0.05) is 29.6 Å². The number of benzene rings is 3. The first-order valence-corrected chi connectivity index (χ1v) is 15.6. The minimum atomic E-state index is -3.86. The van der Waals surface area contributed by atoms with Gasteiger partial charge in [0.25, 0.3) is 0 Å². The van der Waals surface area contributed by atoms with Crippen molar-refractivity contribution in [3.63, 3.8) is 0 Å². The van der Waals surface area contributed by atoms with E-state index >= 15 is 0 Å². The lowest BCUT2D eigenvalue weighted by Gasteiger charge is -2.34. The molecule has 214 valence electrons. The number of sulfonamides is 1. The van der Waals surface area contributed by atoms with Crippen molar-refractivity contribution in [3.05, 3.63) is 99.0 Å². The highest BCUT2D eigenvalue weighted by molar-refractivity contribution is 7.92. The SMILES string of the molecule is CCCNC(=O)C(Cc1ccccc1)N(Cc1ccc(Cl)cc1Cl)C(=O)CN(c1c(C)cccc1C)S(C)(=O)=O. The van der Waals surface area contributed by atoms with Crippen LogP contribution in [0.15, 0.2) is 66.7 Å². The van der Waals surface area contributed by atoms with Crippen LogP contribution in [0.1, 0.15) is 35.6 Å². The molecule has 0 radical (unpaired) electrons. The van der Waals surface area contributed by atoms with E-state index in [1.54, 1.807) is 44.2 Å². The zero-order valence-corrected chi connectivity index (χ0v) is 25.5. The predicted octanol–water partition coefficient (Wildman–Crippen LogP) is 5.54. The number of nitrogens with zero attached hydrogens (tertiary/aromatic N) is 2. The summed E-state index contributed by atoms with van der Waals surface area (Å²) in [7, 11) is -3.86. The highest BCUT2D eigenvalue weighted by Crippen LogP contribution is 2.28. The van der Waals surface area contributed by atoms with E-state index in [9.17, 15) is 18.0 Å². The lowest BCUT2D eigenvalue weighted by atomic mass is 10.0. The summed E-state index contributed by atoms with van der Waals surface area (Å²) in [6.07, 6.45) is 2.02. The average molecular weight is 605 g/mol. The maximum atomic E-state index is 14.2. The van der Waals surface area contributed by atoms with Crippen LogP contribution in [0.4, 0.5) is 5.69 Å². The van der Waals surface area contributed by atoms with Gasteiger partial charge in [0.1, 0.15) is 12.6 Å². The molecule has 2 amide bonds. The quantitative estimate of drug-likeness (QED) is 0.294. The van der Waals surface area contributed by atoms with E-state index in [0.29, 0.717) is 39.0 Å². The molecule has 3 aromatic rings. The van der Waals surface area contributed by atoms with Crippen molar-refractivity contribution in [2.24, 2.45) is 0 Å². The zero-order valence-electron chi connectivity index (χ0n) is 23.2.